The van der Waals surface area contributed by atoms with Gasteiger partial charge in [0.15, 0.2) is 0 Å². The minimum atomic E-state index is -1.13. The number of nitrogens with one attached hydrogen (secondary N) is 1. The molecule has 0 bridgehead atoms. The van der Waals surface area contributed by atoms with Gasteiger partial charge in [0, 0.05) is 13.0 Å². The van der Waals surface area contributed by atoms with Gasteiger partial charge in [-0.25, -0.2) is 4.79 Å². The lowest BCUT2D eigenvalue weighted by atomic mass is 9.78. The molecule has 7 nitrogen and oxygen atoms in total. The van der Waals surface area contributed by atoms with E-state index < -0.39 is 29.5 Å². The summed E-state index contributed by atoms with van der Waals surface area (Å²) in [5.41, 5.74) is 6.14. The van der Waals surface area contributed by atoms with Crippen LogP contribution < -0.4 is 11.1 Å². The zero-order chi connectivity index (χ0) is 22.4. The fourth-order valence-corrected chi connectivity index (χ4v) is 3.83. The fourth-order valence-electron chi connectivity index (χ4n) is 3.83. The zero-order valence-corrected chi connectivity index (χ0v) is 17.9. The number of likely N-dealkylation sites (tertiary alicyclic amines) is 1. The third-order valence-corrected chi connectivity index (χ3v) is 5.71. The molecule has 1 aliphatic rings. The summed E-state index contributed by atoms with van der Waals surface area (Å²) in [5.74, 6) is -1.17. The molecule has 0 saturated carbocycles. The highest BCUT2D eigenvalue weighted by Gasteiger charge is 2.54. The van der Waals surface area contributed by atoms with E-state index in [1.54, 1.807) is 0 Å². The quantitative estimate of drug-likeness (QED) is 0.681. The van der Waals surface area contributed by atoms with Gasteiger partial charge in [-0.15, -0.1) is 0 Å². The number of benzene rings is 2. The molecule has 0 unspecified atom stereocenters. The second kappa shape index (κ2) is 9.64. The number of primary amides is 1. The summed E-state index contributed by atoms with van der Waals surface area (Å²) < 4.78 is 5.49. The average Bonchev–Trinajstić information content (AvgIpc) is 2.74. The van der Waals surface area contributed by atoms with Crippen LogP contribution in [0.5, 0.6) is 0 Å². The van der Waals surface area contributed by atoms with E-state index in [0.717, 1.165) is 11.1 Å². The van der Waals surface area contributed by atoms with Crippen LogP contribution in [0.4, 0.5) is 4.79 Å². The Balaban J connectivity index is 1.81. The van der Waals surface area contributed by atoms with Gasteiger partial charge >= 0.3 is 6.09 Å². The molecule has 1 aliphatic heterocycles. The van der Waals surface area contributed by atoms with Crippen molar-refractivity contribution in [2.24, 2.45) is 11.7 Å². The maximum absolute atomic E-state index is 13.4. The van der Waals surface area contributed by atoms with Crippen LogP contribution in [0.2, 0.25) is 0 Å². The van der Waals surface area contributed by atoms with Crippen LogP contribution in [0.15, 0.2) is 60.7 Å². The molecule has 0 aliphatic carbocycles. The molecule has 31 heavy (non-hydrogen) atoms. The minimum Gasteiger partial charge on any atom is -0.445 e. The summed E-state index contributed by atoms with van der Waals surface area (Å²) in [5, 5.41) is 2.77. The van der Waals surface area contributed by atoms with E-state index in [9.17, 15) is 14.4 Å². The predicted molar refractivity (Wildman–Crippen MR) is 117 cm³/mol. The van der Waals surface area contributed by atoms with Crippen LogP contribution in [-0.2, 0) is 27.4 Å². The standard InChI is InChI=1S/C24H29N3O4/c1-17(2)20(21(25)28)26-22(29)24(15-18-9-5-3-6-10-18)13-14-27(24)23(30)31-16-19-11-7-4-8-12-19/h3-12,17,20H,13-16H2,1-2H3,(H2,25,28)(H,26,29)/t20-,24+/m0/s1. The van der Waals surface area contributed by atoms with Crippen molar-refractivity contribution in [1.29, 1.82) is 0 Å². The molecule has 3 rings (SSSR count). The monoisotopic (exact) mass is 423 g/mol. The molecule has 3 amide bonds. The Morgan fingerprint density at radius 2 is 1.61 bits per heavy atom. The number of rotatable bonds is 8. The predicted octanol–water partition coefficient (Wildman–Crippen LogP) is 2.64. The Bertz CT molecular complexity index is 917. The molecular weight excluding hydrogens is 394 g/mol. The van der Waals surface area contributed by atoms with Crippen molar-refractivity contribution in [3.8, 4) is 0 Å². The molecule has 0 spiro atoms. The van der Waals surface area contributed by atoms with Gasteiger partial charge in [0.25, 0.3) is 0 Å². The van der Waals surface area contributed by atoms with E-state index in [-0.39, 0.29) is 12.5 Å². The smallest absolute Gasteiger partial charge is 0.411 e. The van der Waals surface area contributed by atoms with Crippen molar-refractivity contribution < 1.29 is 19.1 Å². The molecular formula is C24H29N3O4. The van der Waals surface area contributed by atoms with Crippen LogP contribution in [0.1, 0.15) is 31.4 Å². The Kier molecular flexibility index (Phi) is 6.95. The van der Waals surface area contributed by atoms with E-state index >= 15 is 0 Å². The zero-order valence-electron chi connectivity index (χ0n) is 17.9. The van der Waals surface area contributed by atoms with Crippen molar-refractivity contribution in [2.75, 3.05) is 6.54 Å². The SMILES string of the molecule is CC(C)[C@H](NC(=O)[C@]1(Cc2ccccc2)CCN1C(=O)OCc1ccccc1)C(N)=O. The lowest BCUT2D eigenvalue weighted by Gasteiger charge is -2.50. The van der Waals surface area contributed by atoms with Crippen LogP contribution in [0.3, 0.4) is 0 Å². The molecule has 1 heterocycles. The van der Waals surface area contributed by atoms with Gasteiger partial charge in [0.05, 0.1) is 0 Å². The van der Waals surface area contributed by atoms with Crippen molar-refractivity contribution in [2.45, 2.75) is 44.9 Å². The maximum atomic E-state index is 13.4. The molecule has 2 atom stereocenters. The van der Waals surface area contributed by atoms with Crippen LogP contribution in [-0.4, -0.2) is 40.9 Å². The van der Waals surface area contributed by atoms with Crippen LogP contribution in [0, 0.1) is 5.92 Å². The number of ether oxygens (including phenoxy) is 1. The lowest BCUT2D eigenvalue weighted by Crippen LogP contribution is -2.71. The van der Waals surface area contributed by atoms with Crippen molar-refractivity contribution in [3.05, 3.63) is 71.8 Å². The topological polar surface area (TPSA) is 102 Å². The highest BCUT2D eigenvalue weighted by atomic mass is 16.6. The van der Waals surface area contributed by atoms with Gasteiger partial charge < -0.3 is 15.8 Å². The number of hydrogen-bond acceptors (Lipinski definition) is 4. The summed E-state index contributed by atoms with van der Waals surface area (Å²) in [6, 6.07) is 18.0. The molecule has 1 fully saturated rings. The summed E-state index contributed by atoms with van der Waals surface area (Å²) >= 11 is 0. The van der Waals surface area contributed by atoms with Crippen molar-refractivity contribution in [1.82, 2.24) is 10.2 Å². The third kappa shape index (κ3) is 5.05. The highest BCUT2D eigenvalue weighted by molar-refractivity contribution is 5.95. The number of carbonyl (C=O) groups excluding carboxylic acids is 3. The average molecular weight is 424 g/mol. The number of amides is 3. The van der Waals surface area contributed by atoms with E-state index in [1.807, 2.05) is 74.5 Å². The second-order valence-corrected chi connectivity index (χ2v) is 8.23. The van der Waals surface area contributed by atoms with Gasteiger partial charge in [-0.2, -0.15) is 0 Å². The summed E-state index contributed by atoms with van der Waals surface area (Å²) in [7, 11) is 0. The molecule has 7 heteroatoms. The van der Waals surface area contributed by atoms with Crippen molar-refractivity contribution in [3.63, 3.8) is 0 Å². The van der Waals surface area contributed by atoms with Crippen molar-refractivity contribution >= 4 is 17.9 Å². The van der Waals surface area contributed by atoms with Gasteiger partial charge in [-0.05, 0) is 23.5 Å². The minimum absolute atomic E-state index is 0.120. The Labute approximate surface area is 182 Å². The summed E-state index contributed by atoms with van der Waals surface area (Å²) in [6.45, 7) is 4.14. The second-order valence-electron chi connectivity index (χ2n) is 8.23. The molecule has 1 saturated heterocycles. The van der Waals surface area contributed by atoms with Gasteiger partial charge in [-0.3, -0.25) is 14.5 Å². The molecule has 164 valence electrons. The number of carbonyl (C=O) groups is 3. The third-order valence-electron chi connectivity index (χ3n) is 5.71. The van der Waals surface area contributed by atoms with E-state index in [2.05, 4.69) is 5.32 Å². The molecule has 0 aromatic heterocycles. The van der Waals surface area contributed by atoms with Crippen LogP contribution in [0.25, 0.3) is 0 Å². The number of nitrogens with zero attached hydrogens (tertiary/aromatic N) is 1. The Hall–Kier alpha value is -3.35. The molecule has 2 aromatic carbocycles. The highest BCUT2D eigenvalue weighted by Crippen LogP contribution is 2.36. The van der Waals surface area contributed by atoms with Gasteiger partial charge in [-0.1, -0.05) is 74.5 Å². The first-order chi connectivity index (χ1) is 14.8. The van der Waals surface area contributed by atoms with Gasteiger partial charge in [0.1, 0.15) is 18.2 Å². The Morgan fingerprint density at radius 3 is 2.10 bits per heavy atom. The fraction of sp³-hybridized carbons (Fsp3) is 0.375. The number of nitrogens with two attached hydrogens (primary N) is 1. The number of hydrogen-bond donors (Lipinski definition) is 2. The maximum Gasteiger partial charge on any atom is 0.411 e. The first-order valence-electron chi connectivity index (χ1n) is 10.5. The first-order valence-corrected chi connectivity index (χ1v) is 10.5. The summed E-state index contributed by atoms with van der Waals surface area (Å²) in [4.78, 5) is 39.6. The largest absolute Gasteiger partial charge is 0.445 e. The first kappa shape index (κ1) is 22.3. The lowest BCUT2D eigenvalue weighted by molar-refractivity contribution is -0.143. The van der Waals surface area contributed by atoms with Gasteiger partial charge in [0.2, 0.25) is 11.8 Å². The molecule has 0 radical (unpaired) electrons. The normalized spacial score (nSPS) is 18.7. The molecule has 2 aromatic rings. The molecule has 3 N–H and O–H groups in total. The Morgan fingerprint density at radius 1 is 1.03 bits per heavy atom. The summed E-state index contributed by atoms with van der Waals surface area (Å²) in [6.07, 6.45) is 0.239. The van der Waals surface area contributed by atoms with E-state index in [1.165, 1.54) is 4.90 Å². The van der Waals surface area contributed by atoms with E-state index in [4.69, 9.17) is 10.5 Å². The van der Waals surface area contributed by atoms with Crippen LogP contribution >= 0.6 is 0 Å². The van der Waals surface area contributed by atoms with E-state index in [0.29, 0.717) is 19.4 Å².